The summed E-state index contributed by atoms with van der Waals surface area (Å²) in [5.41, 5.74) is 15.9. The Labute approximate surface area is 185 Å². The number of phenolic OH excluding ortho intramolecular Hbond substituents is 1. The number of oxime groups is 1. The second kappa shape index (κ2) is 9.69. The van der Waals surface area contributed by atoms with Gasteiger partial charge in [0.15, 0.2) is 11.9 Å². The maximum absolute atomic E-state index is 9.79. The third-order valence-electron chi connectivity index (χ3n) is 5.03. The van der Waals surface area contributed by atoms with E-state index in [1.165, 1.54) is 6.07 Å². The van der Waals surface area contributed by atoms with E-state index in [9.17, 15) is 5.11 Å². The van der Waals surface area contributed by atoms with E-state index in [2.05, 4.69) is 15.5 Å². The van der Waals surface area contributed by atoms with Crippen LogP contribution in [0.1, 0.15) is 34.1 Å². The van der Waals surface area contributed by atoms with Crippen LogP contribution in [0.3, 0.4) is 0 Å². The molecule has 0 fully saturated rings. The van der Waals surface area contributed by atoms with E-state index in [-0.39, 0.29) is 17.4 Å². The fourth-order valence-corrected chi connectivity index (χ4v) is 3.23. The maximum atomic E-state index is 9.79. The fraction of sp³-hybridized carbons (Fsp3) is 0.174. The highest BCUT2D eigenvalue weighted by Gasteiger charge is 2.21. The number of nitrogens with zero attached hydrogens (tertiary/aromatic N) is 2. The Hall–Kier alpha value is -4.27. The first kappa shape index (κ1) is 22.4. The minimum absolute atomic E-state index is 0.0451. The standard InChI is InChI=1S/C23H26N6O3/c1-13-17(12-28-18-8-6-15(7-9-18)23(26)29-31)11-27-14(2)20(13)32-21(22(24)25)16-4-3-5-19(30)10-16/h3-11,21,28,30-31H,12H2,1-2H3,(H3,24,25)(H2,26,29). The molecule has 3 aromatic rings. The highest BCUT2D eigenvalue weighted by molar-refractivity contribution is 5.97. The highest BCUT2D eigenvalue weighted by atomic mass is 16.5. The number of phenols is 1. The predicted octanol–water partition coefficient (Wildman–Crippen LogP) is 3.17. The Morgan fingerprint density at radius 2 is 1.91 bits per heavy atom. The van der Waals surface area contributed by atoms with Gasteiger partial charge in [0.05, 0.1) is 5.69 Å². The third-order valence-corrected chi connectivity index (χ3v) is 5.03. The first-order chi connectivity index (χ1) is 15.3. The van der Waals surface area contributed by atoms with Gasteiger partial charge in [0.25, 0.3) is 0 Å². The summed E-state index contributed by atoms with van der Waals surface area (Å²) < 4.78 is 6.12. The molecule has 8 N–H and O–H groups in total. The van der Waals surface area contributed by atoms with Gasteiger partial charge in [-0.15, -0.1) is 0 Å². The summed E-state index contributed by atoms with van der Waals surface area (Å²) >= 11 is 0. The number of aryl methyl sites for hydroxylation is 1. The summed E-state index contributed by atoms with van der Waals surface area (Å²) in [6.07, 6.45) is 0.919. The number of ether oxygens (including phenoxy) is 1. The lowest BCUT2D eigenvalue weighted by molar-refractivity contribution is 0.265. The van der Waals surface area contributed by atoms with Crippen LogP contribution in [-0.2, 0) is 6.54 Å². The third kappa shape index (κ3) is 5.07. The van der Waals surface area contributed by atoms with Crippen LogP contribution in [0, 0.1) is 19.3 Å². The van der Waals surface area contributed by atoms with Crippen molar-refractivity contribution in [3.05, 3.63) is 82.7 Å². The van der Waals surface area contributed by atoms with E-state index < -0.39 is 6.10 Å². The van der Waals surface area contributed by atoms with E-state index in [1.54, 1.807) is 36.5 Å². The summed E-state index contributed by atoms with van der Waals surface area (Å²) in [6, 6.07) is 13.6. The lowest BCUT2D eigenvalue weighted by atomic mass is 10.1. The van der Waals surface area contributed by atoms with Gasteiger partial charge >= 0.3 is 0 Å². The zero-order valence-electron chi connectivity index (χ0n) is 17.8. The van der Waals surface area contributed by atoms with Gasteiger partial charge in [0, 0.05) is 29.6 Å². The van der Waals surface area contributed by atoms with Gasteiger partial charge in [-0.1, -0.05) is 17.3 Å². The molecule has 0 amide bonds. The smallest absolute Gasteiger partial charge is 0.180 e. The van der Waals surface area contributed by atoms with E-state index in [1.807, 2.05) is 26.0 Å². The van der Waals surface area contributed by atoms with Crippen LogP contribution in [0.25, 0.3) is 0 Å². The summed E-state index contributed by atoms with van der Waals surface area (Å²) in [6.45, 7) is 4.22. The number of hydrogen-bond donors (Lipinski definition) is 6. The van der Waals surface area contributed by atoms with Crippen molar-refractivity contribution in [3.63, 3.8) is 0 Å². The molecule has 32 heavy (non-hydrogen) atoms. The molecule has 166 valence electrons. The lowest BCUT2D eigenvalue weighted by Crippen LogP contribution is -2.26. The number of amidine groups is 2. The molecule has 0 aliphatic carbocycles. The molecular formula is C23H26N6O3. The number of aromatic hydroxyl groups is 1. The van der Waals surface area contributed by atoms with E-state index in [0.29, 0.717) is 29.1 Å². The Bertz CT molecular complexity index is 1140. The number of nitrogens with two attached hydrogens (primary N) is 2. The molecule has 0 radical (unpaired) electrons. The molecule has 2 aromatic carbocycles. The number of aromatic nitrogens is 1. The number of pyridine rings is 1. The zero-order chi connectivity index (χ0) is 23.3. The molecule has 1 aromatic heterocycles. The predicted molar refractivity (Wildman–Crippen MR) is 123 cm³/mol. The monoisotopic (exact) mass is 434 g/mol. The van der Waals surface area contributed by atoms with Crippen molar-refractivity contribution in [3.8, 4) is 11.5 Å². The highest BCUT2D eigenvalue weighted by Crippen LogP contribution is 2.31. The molecule has 1 atom stereocenters. The summed E-state index contributed by atoms with van der Waals surface area (Å²) in [4.78, 5) is 4.44. The number of anilines is 1. The Balaban J connectivity index is 1.81. The van der Waals surface area contributed by atoms with Gasteiger partial charge < -0.3 is 31.8 Å². The first-order valence-electron chi connectivity index (χ1n) is 9.86. The van der Waals surface area contributed by atoms with Crippen molar-refractivity contribution in [2.24, 2.45) is 16.6 Å². The van der Waals surface area contributed by atoms with Crippen molar-refractivity contribution in [1.82, 2.24) is 4.98 Å². The molecule has 0 saturated heterocycles. The van der Waals surface area contributed by atoms with Crippen LogP contribution in [0.2, 0.25) is 0 Å². The molecule has 0 saturated carbocycles. The topological polar surface area (TPSA) is 163 Å². The Kier molecular flexibility index (Phi) is 6.79. The SMILES string of the molecule is Cc1ncc(CNc2ccc(C(N)=NO)cc2)c(C)c1OC(C(=N)N)c1cccc(O)c1. The van der Waals surface area contributed by atoms with Gasteiger partial charge in [0.1, 0.15) is 17.3 Å². The first-order valence-corrected chi connectivity index (χ1v) is 9.86. The molecule has 0 aliphatic heterocycles. The average Bonchev–Trinajstić information content (AvgIpc) is 2.78. The van der Waals surface area contributed by atoms with Crippen molar-refractivity contribution >= 4 is 17.4 Å². The van der Waals surface area contributed by atoms with Gasteiger partial charge in [-0.25, -0.2) is 0 Å². The number of hydrogen-bond acceptors (Lipinski definition) is 7. The molecule has 0 spiro atoms. The van der Waals surface area contributed by atoms with Crippen molar-refractivity contribution in [1.29, 1.82) is 5.41 Å². The van der Waals surface area contributed by atoms with Gasteiger partial charge in [-0.3, -0.25) is 10.4 Å². The van der Waals surface area contributed by atoms with Gasteiger partial charge in [-0.2, -0.15) is 0 Å². The Morgan fingerprint density at radius 1 is 1.19 bits per heavy atom. The lowest BCUT2D eigenvalue weighted by Gasteiger charge is -2.22. The molecule has 9 heteroatoms. The minimum Gasteiger partial charge on any atom is -0.508 e. The van der Waals surface area contributed by atoms with Crippen LogP contribution in [0.5, 0.6) is 11.5 Å². The number of nitrogens with one attached hydrogen (secondary N) is 2. The Morgan fingerprint density at radius 3 is 2.53 bits per heavy atom. The molecule has 3 rings (SSSR count). The van der Waals surface area contributed by atoms with Crippen molar-refractivity contribution < 1.29 is 15.1 Å². The quantitative estimate of drug-likeness (QED) is 0.137. The van der Waals surface area contributed by atoms with Crippen LogP contribution in [0.15, 0.2) is 59.9 Å². The van der Waals surface area contributed by atoms with Crippen molar-refractivity contribution in [2.75, 3.05) is 5.32 Å². The molecule has 1 unspecified atom stereocenters. The van der Waals surface area contributed by atoms with Crippen LogP contribution >= 0.6 is 0 Å². The molecular weight excluding hydrogens is 408 g/mol. The van der Waals surface area contributed by atoms with Crippen LogP contribution in [0.4, 0.5) is 5.69 Å². The van der Waals surface area contributed by atoms with Crippen molar-refractivity contribution in [2.45, 2.75) is 26.5 Å². The second-order valence-corrected chi connectivity index (χ2v) is 7.29. The molecule has 1 heterocycles. The second-order valence-electron chi connectivity index (χ2n) is 7.29. The van der Waals surface area contributed by atoms with Crippen LogP contribution < -0.4 is 21.5 Å². The summed E-state index contributed by atoms with van der Waals surface area (Å²) in [7, 11) is 0. The number of rotatable bonds is 8. The largest absolute Gasteiger partial charge is 0.508 e. The minimum atomic E-state index is -0.851. The van der Waals surface area contributed by atoms with Gasteiger partial charge in [-0.05, 0) is 61.4 Å². The van der Waals surface area contributed by atoms with E-state index in [0.717, 1.165) is 16.8 Å². The summed E-state index contributed by atoms with van der Waals surface area (Å²) in [5, 5.41) is 32.8. The van der Waals surface area contributed by atoms with Crippen LogP contribution in [-0.4, -0.2) is 27.0 Å². The van der Waals surface area contributed by atoms with E-state index in [4.69, 9.17) is 26.8 Å². The summed E-state index contributed by atoms with van der Waals surface area (Å²) in [5.74, 6) is 0.474. The fourth-order valence-electron chi connectivity index (χ4n) is 3.23. The number of benzene rings is 2. The molecule has 0 bridgehead atoms. The van der Waals surface area contributed by atoms with Gasteiger partial charge in [0.2, 0.25) is 0 Å². The average molecular weight is 435 g/mol. The molecule has 0 aliphatic rings. The normalized spacial score (nSPS) is 12.2. The molecule has 9 nitrogen and oxygen atoms in total. The zero-order valence-corrected chi connectivity index (χ0v) is 17.8. The van der Waals surface area contributed by atoms with E-state index >= 15 is 0 Å². The maximum Gasteiger partial charge on any atom is 0.180 e.